The molecular weight excluding hydrogens is 463 g/mol. The molecule has 1 aliphatic rings. The molecule has 3 aromatic carbocycles. The van der Waals surface area contributed by atoms with Gasteiger partial charge in [-0.05, 0) is 83.8 Å². The monoisotopic (exact) mass is 490 g/mol. The molecule has 4 nitrogen and oxygen atoms in total. The molecule has 1 aromatic heterocycles. The van der Waals surface area contributed by atoms with Gasteiger partial charge in [-0.15, -0.1) is 0 Å². The average Bonchev–Trinajstić information content (AvgIpc) is 3.10. The summed E-state index contributed by atoms with van der Waals surface area (Å²) < 4.78 is 19.7. The highest BCUT2D eigenvalue weighted by Gasteiger charge is 2.27. The molecule has 4 aromatic rings. The number of halogens is 1. The van der Waals surface area contributed by atoms with E-state index in [0.29, 0.717) is 11.1 Å². The van der Waals surface area contributed by atoms with Crippen molar-refractivity contribution in [1.82, 2.24) is 4.98 Å². The summed E-state index contributed by atoms with van der Waals surface area (Å²) in [5.41, 5.74) is 8.54. The van der Waals surface area contributed by atoms with Gasteiger partial charge in [-0.3, -0.25) is 4.98 Å². The fourth-order valence-corrected chi connectivity index (χ4v) is 5.07. The van der Waals surface area contributed by atoms with Crippen LogP contribution in [0.25, 0.3) is 22.4 Å². The number of carbonyl (C=O) groups is 1. The largest absolute Gasteiger partial charge is 0.457 e. The lowest BCUT2D eigenvalue weighted by Crippen LogP contribution is -2.13. The van der Waals surface area contributed by atoms with E-state index in [2.05, 4.69) is 19.9 Å². The summed E-state index contributed by atoms with van der Waals surface area (Å²) in [4.78, 5) is 18.0. The number of ether oxygens (including phenoxy) is 1. The van der Waals surface area contributed by atoms with Crippen LogP contribution in [0.5, 0.6) is 0 Å². The van der Waals surface area contributed by atoms with Crippen molar-refractivity contribution in [3.63, 3.8) is 0 Å². The molecule has 0 radical (unpaired) electrons. The third-order valence-electron chi connectivity index (χ3n) is 6.83. The molecule has 37 heavy (non-hydrogen) atoms. The van der Waals surface area contributed by atoms with Gasteiger partial charge in [0, 0.05) is 11.1 Å². The van der Waals surface area contributed by atoms with Crippen molar-refractivity contribution in [1.29, 1.82) is 5.26 Å². The van der Waals surface area contributed by atoms with E-state index in [9.17, 15) is 14.4 Å². The van der Waals surface area contributed by atoms with Crippen LogP contribution in [0.1, 0.15) is 64.5 Å². The molecule has 5 rings (SSSR count). The van der Waals surface area contributed by atoms with Crippen LogP contribution >= 0.6 is 0 Å². The Hall–Kier alpha value is -4.30. The van der Waals surface area contributed by atoms with Gasteiger partial charge < -0.3 is 4.74 Å². The summed E-state index contributed by atoms with van der Waals surface area (Å²) in [5.74, 6) is -0.672. The van der Waals surface area contributed by atoms with Gasteiger partial charge >= 0.3 is 5.97 Å². The van der Waals surface area contributed by atoms with Gasteiger partial charge in [0.15, 0.2) is 0 Å². The first-order valence-electron chi connectivity index (χ1n) is 12.5. The smallest absolute Gasteiger partial charge is 0.338 e. The van der Waals surface area contributed by atoms with Crippen LogP contribution in [0.3, 0.4) is 0 Å². The van der Waals surface area contributed by atoms with Crippen LogP contribution < -0.4 is 0 Å². The van der Waals surface area contributed by atoms with Crippen molar-refractivity contribution in [3.05, 3.63) is 112 Å². The lowest BCUT2D eigenvalue weighted by molar-refractivity contribution is 0.0471. The zero-order valence-electron chi connectivity index (χ0n) is 20.9. The van der Waals surface area contributed by atoms with Crippen molar-refractivity contribution in [3.8, 4) is 28.5 Å². The molecule has 0 spiro atoms. The lowest BCUT2D eigenvalue weighted by Gasteiger charge is -2.23. The van der Waals surface area contributed by atoms with Crippen LogP contribution in [-0.2, 0) is 24.2 Å². The molecule has 0 atom stereocenters. The number of aryl methyl sites for hydroxylation is 1. The molecule has 0 N–H and O–H groups in total. The second kappa shape index (κ2) is 10.4. The zero-order valence-corrected chi connectivity index (χ0v) is 20.9. The Balaban J connectivity index is 1.73. The summed E-state index contributed by atoms with van der Waals surface area (Å²) in [6.45, 7) is 4.18. The molecule has 1 aliphatic carbocycles. The summed E-state index contributed by atoms with van der Waals surface area (Å²) >= 11 is 0. The Morgan fingerprint density at radius 1 is 1.05 bits per heavy atom. The molecular formula is C32H27FN2O2. The van der Waals surface area contributed by atoms with E-state index in [1.54, 1.807) is 36.4 Å². The SMILES string of the molecule is CC(C)c1nc2c(c(-c3ccc(F)cc3)c1COC(=O)c1ccccc1)CCCc1ccc(C#N)cc1-2. The minimum absolute atomic E-state index is 0.0424. The Morgan fingerprint density at radius 2 is 1.81 bits per heavy atom. The molecule has 0 bridgehead atoms. The molecule has 0 saturated carbocycles. The minimum atomic E-state index is -0.403. The van der Waals surface area contributed by atoms with Crippen LogP contribution in [-0.4, -0.2) is 11.0 Å². The van der Waals surface area contributed by atoms with Crippen LogP contribution in [0.2, 0.25) is 0 Å². The highest BCUT2D eigenvalue weighted by atomic mass is 19.1. The zero-order chi connectivity index (χ0) is 25.9. The number of aromatic nitrogens is 1. The minimum Gasteiger partial charge on any atom is -0.457 e. The van der Waals surface area contributed by atoms with Gasteiger partial charge in [0.25, 0.3) is 0 Å². The predicted molar refractivity (Wildman–Crippen MR) is 141 cm³/mol. The summed E-state index contributed by atoms with van der Waals surface area (Å²) in [6, 6.07) is 23.4. The highest BCUT2D eigenvalue weighted by Crippen LogP contribution is 2.42. The number of esters is 1. The average molecular weight is 491 g/mol. The number of rotatable bonds is 5. The predicted octanol–water partition coefficient (Wildman–Crippen LogP) is 7.40. The van der Waals surface area contributed by atoms with E-state index in [0.717, 1.165) is 64.0 Å². The van der Waals surface area contributed by atoms with E-state index >= 15 is 0 Å². The number of pyridine rings is 1. The van der Waals surface area contributed by atoms with E-state index < -0.39 is 5.97 Å². The molecule has 0 saturated heterocycles. The standard InChI is InChI=1S/C32H27FN2O2/c1-20(2)30-28(19-37-32(36)24-7-4-3-5-8-24)29(23-13-15-25(33)16-14-23)26-10-6-9-22-12-11-21(18-34)17-27(22)31(26)35-30/h3-5,7-8,11-17,20H,6,9-10,19H2,1-2H3. The number of nitriles is 1. The fourth-order valence-electron chi connectivity index (χ4n) is 5.07. The van der Waals surface area contributed by atoms with Crippen molar-refractivity contribution in [2.75, 3.05) is 0 Å². The van der Waals surface area contributed by atoms with Gasteiger partial charge in [0.1, 0.15) is 12.4 Å². The number of carbonyl (C=O) groups excluding carboxylic acids is 1. The van der Waals surface area contributed by atoms with Gasteiger partial charge in [-0.25, -0.2) is 9.18 Å². The number of hydrogen-bond donors (Lipinski definition) is 0. The van der Waals surface area contributed by atoms with E-state index in [1.807, 2.05) is 24.3 Å². The summed E-state index contributed by atoms with van der Waals surface area (Å²) in [6.07, 6.45) is 2.55. The van der Waals surface area contributed by atoms with Gasteiger partial charge in [-0.1, -0.05) is 50.2 Å². The molecule has 0 aliphatic heterocycles. The Kier molecular flexibility index (Phi) is 6.83. The first-order valence-corrected chi connectivity index (χ1v) is 12.5. The normalized spacial score (nSPS) is 12.3. The summed E-state index contributed by atoms with van der Waals surface area (Å²) in [7, 11) is 0. The van der Waals surface area contributed by atoms with Crippen molar-refractivity contribution >= 4 is 5.97 Å². The maximum absolute atomic E-state index is 13.9. The first-order chi connectivity index (χ1) is 18.0. The first kappa shape index (κ1) is 24.4. The molecule has 0 amide bonds. The molecule has 0 unspecified atom stereocenters. The van der Waals surface area contributed by atoms with Gasteiger partial charge in [-0.2, -0.15) is 5.26 Å². The number of fused-ring (bicyclic) bond motifs is 3. The fraction of sp³-hybridized carbons (Fsp3) is 0.219. The number of benzene rings is 3. The Labute approximate surface area is 216 Å². The molecule has 0 fully saturated rings. The van der Waals surface area contributed by atoms with E-state index in [-0.39, 0.29) is 18.3 Å². The Morgan fingerprint density at radius 3 is 2.51 bits per heavy atom. The number of nitrogens with zero attached hydrogens (tertiary/aromatic N) is 2. The maximum Gasteiger partial charge on any atom is 0.338 e. The topological polar surface area (TPSA) is 63.0 Å². The van der Waals surface area contributed by atoms with Crippen LogP contribution in [0.15, 0.2) is 72.8 Å². The third kappa shape index (κ3) is 4.88. The highest BCUT2D eigenvalue weighted by molar-refractivity contribution is 5.89. The van der Waals surface area contributed by atoms with E-state index in [1.165, 1.54) is 12.1 Å². The third-order valence-corrected chi connectivity index (χ3v) is 6.83. The van der Waals surface area contributed by atoms with Crippen molar-refractivity contribution < 1.29 is 13.9 Å². The van der Waals surface area contributed by atoms with Crippen molar-refractivity contribution in [2.24, 2.45) is 0 Å². The van der Waals surface area contributed by atoms with Crippen molar-refractivity contribution in [2.45, 2.75) is 45.6 Å². The van der Waals surface area contributed by atoms with Gasteiger partial charge in [0.05, 0.1) is 28.6 Å². The van der Waals surface area contributed by atoms with E-state index in [4.69, 9.17) is 9.72 Å². The second-order valence-electron chi connectivity index (χ2n) is 9.62. The van der Waals surface area contributed by atoms with Gasteiger partial charge in [0.2, 0.25) is 0 Å². The lowest BCUT2D eigenvalue weighted by atomic mass is 9.87. The summed E-state index contributed by atoms with van der Waals surface area (Å²) in [5, 5.41) is 9.56. The van der Waals surface area contributed by atoms with Crippen LogP contribution in [0, 0.1) is 17.1 Å². The molecule has 184 valence electrons. The second-order valence-corrected chi connectivity index (χ2v) is 9.62. The quantitative estimate of drug-likeness (QED) is 0.274. The maximum atomic E-state index is 13.9. The van der Waals surface area contributed by atoms with Crippen LogP contribution in [0.4, 0.5) is 4.39 Å². The number of hydrogen-bond acceptors (Lipinski definition) is 4. The molecule has 1 heterocycles. The molecule has 5 heteroatoms. The Bertz CT molecular complexity index is 1500.